The second kappa shape index (κ2) is 4.50. The molecule has 0 unspecified atom stereocenters. The van der Waals surface area contributed by atoms with Crippen molar-refractivity contribution in [1.29, 1.82) is 0 Å². The minimum absolute atomic E-state index is 0.275. The van der Waals surface area contributed by atoms with Crippen molar-refractivity contribution in [3.8, 4) is 0 Å². The largest absolute Gasteiger partial charge is 0.465 e. The maximum Gasteiger partial charge on any atom is 0.404 e. The van der Waals surface area contributed by atoms with Crippen molar-refractivity contribution < 1.29 is 9.90 Å². The van der Waals surface area contributed by atoms with E-state index in [0.717, 1.165) is 16.7 Å². The summed E-state index contributed by atoms with van der Waals surface area (Å²) in [6.45, 7) is 5.81. The summed E-state index contributed by atoms with van der Waals surface area (Å²) in [6, 6.07) is 3.68. The van der Waals surface area contributed by atoms with Crippen LogP contribution in [0.15, 0.2) is 18.7 Å². The third-order valence-electron chi connectivity index (χ3n) is 2.14. The number of benzene rings is 1. The molecule has 4 N–H and O–H groups in total. The van der Waals surface area contributed by atoms with Gasteiger partial charge in [0.1, 0.15) is 0 Å². The number of hydrogen-bond acceptors (Lipinski definition) is 2. The summed E-state index contributed by atoms with van der Waals surface area (Å²) in [5.41, 5.74) is 9.12. The van der Waals surface area contributed by atoms with Crippen LogP contribution in [-0.2, 0) is 6.54 Å². The predicted octanol–water partition coefficient (Wildman–Crippen LogP) is 1.99. The molecule has 4 heteroatoms. The lowest BCUT2D eigenvalue weighted by molar-refractivity contribution is 0.194. The van der Waals surface area contributed by atoms with Crippen molar-refractivity contribution >= 4 is 17.9 Å². The molecule has 0 aliphatic rings. The minimum Gasteiger partial charge on any atom is -0.465 e. The van der Waals surface area contributed by atoms with E-state index in [-0.39, 0.29) is 6.54 Å². The molecule has 80 valence electrons. The maximum absolute atomic E-state index is 10.3. The summed E-state index contributed by atoms with van der Waals surface area (Å²) in [7, 11) is 0. The summed E-state index contributed by atoms with van der Waals surface area (Å²) >= 11 is 0. The monoisotopic (exact) mass is 206 g/mol. The summed E-state index contributed by atoms with van der Waals surface area (Å²) in [5, 5.41) is 10.8. The average Bonchev–Trinajstić information content (AvgIpc) is 2.19. The van der Waals surface area contributed by atoms with Crippen LogP contribution in [0.5, 0.6) is 0 Å². The van der Waals surface area contributed by atoms with Gasteiger partial charge in [-0.15, -0.1) is 0 Å². The third-order valence-corrected chi connectivity index (χ3v) is 2.14. The van der Waals surface area contributed by atoms with Gasteiger partial charge in [-0.05, 0) is 29.7 Å². The summed E-state index contributed by atoms with van der Waals surface area (Å²) in [4.78, 5) is 10.3. The average molecular weight is 206 g/mol. The van der Waals surface area contributed by atoms with Gasteiger partial charge in [-0.3, -0.25) is 0 Å². The Morgan fingerprint density at radius 1 is 1.67 bits per heavy atom. The van der Waals surface area contributed by atoms with Crippen LogP contribution in [0.25, 0.3) is 6.08 Å². The zero-order valence-electron chi connectivity index (χ0n) is 8.58. The fourth-order valence-electron chi connectivity index (χ4n) is 1.35. The number of nitrogens with one attached hydrogen (secondary N) is 1. The number of aryl methyl sites for hydroxylation is 1. The predicted molar refractivity (Wildman–Crippen MR) is 60.5 cm³/mol. The molecule has 15 heavy (non-hydrogen) atoms. The Morgan fingerprint density at radius 3 is 2.87 bits per heavy atom. The number of anilines is 1. The molecule has 0 aromatic heterocycles. The number of nitrogen functional groups attached to an aromatic ring is 1. The van der Waals surface area contributed by atoms with E-state index >= 15 is 0 Å². The van der Waals surface area contributed by atoms with Gasteiger partial charge in [0.05, 0.1) is 0 Å². The number of nitrogens with two attached hydrogens (primary N) is 1. The quantitative estimate of drug-likeness (QED) is 0.662. The topological polar surface area (TPSA) is 75.3 Å². The lowest BCUT2D eigenvalue weighted by atomic mass is 10.0. The first-order valence-corrected chi connectivity index (χ1v) is 4.53. The fourth-order valence-corrected chi connectivity index (χ4v) is 1.35. The zero-order chi connectivity index (χ0) is 11.4. The molecule has 0 aliphatic heterocycles. The van der Waals surface area contributed by atoms with E-state index in [9.17, 15) is 4.79 Å². The molecule has 0 aliphatic carbocycles. The highest BCUT2D eigenvalue weighted by atomic mass is 16.4. The highest BCUT2D eigenvalue weighted by Gasteiger charge is 2.03. The van der Waals surface area contributed by atoms with E-state index in [0.29, 0.717) is 5.69 Å². The van der Waals surface area contributed by atoms with Crippen molar-refractivity contribution in [2.75, 3.05) is 5.73 Å². The van der Waals surface area contributed by atoms with E-state index in [4.69, 9.17) is 10.8 Å². The van der Waals surface area contributed by atoms with Crippen molar-refractivity contribution in [3.05, 3.63) is 35.4 Å². The SMILES string of the molecule is C=Cc1cc(CNC(=O)O)cc(C)c1N. The highest BCUT2D eigenvalue weighted by Crippen LogP contribution is 2.20. The van der Waals surface area contributed by atoms with Crippen LogP contribution < -0.4 is 11.1 Å². The number of hydrogen-bond donors (Lipinski definition) is 3. The molecule has 1 aromatic rings. The maximum atomic E-state index is 10.3. The summed E-state index contributed by atoms with van der Waals surface area (Å²) < 4.78 is 0. The number of amides is 1. The third kappa shape index (κ3) is 2.74. The standard InChI is InChI=1S/C11H14N2O2/c1-3-9-5-8(6-13-11(14)15)4-7(2)10(9)12/h3-5,13H,1,6,12H2,2H3,(H,14,15). The fraction of sp³-hybridized carbons (Fsp3) is 0.182. The van der Waals surface area contributed by atoms with Crippen LogP contribution in [0, 0.1) is 6.92 Å². The Labute approximate surface area is 88.4 Å². The van der Waals surface area contributed by atoms with Gasteiger partial charge in [0.15, 0.2) is 0 Å². The Kier molecular flexibility index (Phi) is 3.33. The van der Waals surface area contributed by atoms with Gasteiger partial charge >= 0.3 is 6.09 Å². The van der Waals surface area contributed by atoms with E-state index in [2.05, 4.69) is 11.9 Å². The molecular formula is C11H14N2O2. The van der Waals surface area contributed by atoms with Crippen LogP contribution in [0.2, 0.25) is 0 Å². The van der Waals surface area contributed by atoms with E-state index < -0.39 is 6.09 Å². The van der Waals surface area contributed by atoms with Gasteiger partial charge < -0.3 is 16.2 Å². The molecule has 0 saturated carbocycles. The van der Waals surface area contributed by atoms with Crippen LogP contribution in [-0.4, -0.2) is 11.2 Å². The number of rotatable bonds is 3. The molecule has 1 amide bonds. The highest BCUT2D eigenvalue weighted by molar-refractivity contribution is 5.68. The molecule has 0 fully saturated rings. The van der Waals surface area contributed by atoms with Crippen LogP contribution in [0.4, 0.5) is 10.5 Å². The van der Waals surface area contributed by atoms with Crippen molar-refractivity contribution in [2.24, 2.45) is 0 Å². The van der Waals surface area contributed by atoms with Gasteiger partial charge in [-0.25, -0.2) is 4.79 Å². The number of carbonyl (C=O) groups is 1. The van der Waals surface area contributed by atoms with Crippen LogP contribution in [0.3, 0.4) is 0 Å². The smallest absolute Gasteiger partial charge is 0.404 e. The molecule has 0 spiro atoms. The first kappa shape index (κ1) is 11.1. The molecule has 1 rings (SSSR count). The molecule has 0 saturated heterocycles. The van der Waals surface area contributed by atoms with Gasteiger partial charge in [0.2, 0.25) is 0 Å². The van der Waals surface area contributed by atoms with Gasteiger partial charge in [-0.2, -0.15) is 0 Å². The normalized spacial score (nSPS) is 9.67. The summed E-state index contributed by atoms with van der Waals surface area (Å²) in [6.07, 6.45) is 0.622. The molecule has 0 radical (unpaired) electrons. The molecular weight excluding hydrogens is 192 g/mol. The van der Waals surface area contributed by atoms with Crippen molar-refractivity contribution in [1.82, 2.24) is 5.32 Å². The van der Waals surface area contributed by atoms with Gasteiger partial charge in [-0.1, -0.05) is 18.7 Å². The van der Waals surface area contributed by atoms with E-state index in [1.165, 1.54) is 0 Å². The lowest BCUT2D eigenvalue weighted by Crippen LogP contribution is -2.20. The minimum atomic E-state index is -1.04. The number of carboxylic acid groups (broad SMARTS) is 1. The Hall–Kier alpha value is -1.97. The zero-order valence-corrected chi connectivity index (χ0v) is 8.58. The van der Waals surface area contributed by atoms with E-state index in [1.807, 2.05) is 19.1 Å². The Morgan fingerprint density at radius 2 is 2.33 bits per heavy atom. The van der Waals surface area contributed by atoms with Gasteiger partial charge in [0.25, 0.3) is 0 Å². The lowest BCUT2D eigenvalue weighted by Gasteiger charge is -2.09. The van der Waals surface area contributed by atoms with E-state index in [1.54, 1.807) is 6.08 Å². The molecule has 0 bridgehead atoms. The van der Waals surface area contributed by atoms with Gasteiger partial charge in [0, 0.05) is 12.2 Å². The second-order valence-corrected chi connectivity index (χ2v) is 3.28. The van der Waals surface area contributed by atoms with Crippen molar-refractivity contribution in [3.63, 3.8) is 0 Å². The molecule has 4 nitrogen and oxygen atoms in total. The second-order valence-electron chi connectivity index (χ2n) is 3.28. The molecule has 0 heterocycles. The first-order valence-electron chi connectivity index (χ1n) is 4.53. The molecule has 0 atom stereocenters. The first-order chi connectivity index (χ1) is 7.04. The van der Waals surface area contributed by atoms with Crippen LogP contribution >= 0.6 is 0 Å². The Balaban J connectivity index is 2.95. The molecule has 1 aromatic carbocycles. The Bertz CT molecular complexity index is 400. The van der Waals surface area contributed by atoms with Crippen molar-refractivity contribution in [2.45, 2.75) is 13.5 Å². The summed E-state index contributed by atoms with van der Waals surface area (Å²) in [5.74, 6) is 0. The van der Waals surface area contributed by atoms with Crippen LogP contribution in [0.1, 0.15) is 16.7 Å².